The summed E-state index contributed by atoms with van der Waals surface area (Å²) in [5.74, 6) is 1.67. The number of aromatic nitrogens is 1. The lowest BCUT2D eigenvalue weighted by Crippen LogP contribution is -2.21. The lowest BCUT2D eigenvalue weighted by atomic mass is 10.1. The average Bonchev–Trinajstić information content (AvgIpc) is 3.19. The SMILES string of the molecule is COc1ccc(Cn2ccc3cc(O[C@@H]4CCNC4)c(C)cc3c2=O)cc1. The van der Waals surface area contributed by atoms with Crippen LogP contribution in [0.15, 0.2) is 53.5 Å². The highest BCUT2D eigenvalue weighted by molar-refractivity contribution is 5.84. The van der Waals surface area contributed by atoms with E-state index in [-0.39, 0.29) is 11.7 Å². The van der Waals surface area contributed by atoms with Gasteiger partial charge in [0.25, 0.3) is 5.56 Å². The van der Waals surface area contributed by atoms with Crippen molar-refractivity contribution in [3.8, 4) is 11.5 Å². The van der Waals surface area contributed by atoms with Gasteiger partial charge >= 0.3 is 0 Å². The third-order valence-electron chi connectivity index (χ3n) is 5.09. The van der Waals surface area contributed by atoms with Crippen molar-refractivity contribution in [1.82, 2.24) is 9.88 Å². The average molecular weight is 364 g/mol. The van der Waals surface area contributed by atoms with Gasteiger partial charge in [-0.3, -0.25) is 4.79 Å². The third-order valence-corrected chi connectivity index (χ3v) is 5.09. The predicted octanol–water partition coefficient (Wildman–Crippen LogP) is 3.11. The minimum Gasteiger partial charge on any atom is -0.497 e. The van der Waals surface area contributed by atoms with Crippen LogP contribution in [0, 0.1) is 6.92 Å². The van der Waals surface area contributed by atoms with Gasteiger partial charge < -0.3 is 19.4 Å². The fourth-order valence-electron chi connectivity index (χ4n) is 3.51. The van der Waals surface area contributed by atoms with Gasteiger partial charge in [-0.1, -0.05) is 12.1 Å². The van der Waals surface area contributed by atoms with E-state index < -0.39 is 0 Å². The van der Waals surface area contributed by atoms with Gasteiger partial charge in [-0.15, -0.1) is 0 Å². The van der Waals surface area contributed by atoms with Crippen molar-refractivity contribution in [1.29, 1.82) is 0 Å². The second-order valence-electron chi connectivity index (χ2n) is 7.03. The molecule has 1 saturated heterocycles. The quantitative estimate of drug-likeness (QED) is 0.756. The van der Waals surface area contributed by atoms with Crippen LogP contribution in [0.4, 0.5) is 0 Å². The first-order valence-electron chi connectivity index (χ1n) is 9.28. The number of methoxy groups -OCH3 is 1. The van der Waals surface area contributed by atoms with Crippen LogP contribution in [0.3, 0.4) is 0 Å². The van der Waals surface area contributed by atoms with Crippen molar-refractivity contribution in [2.45, 2.75) is 26.0 Å². The topological polar surface area (TPSA) is 52.5 Å². The number of fused-ring (bicyclic) bond motifs is 1. The number of rotatable bonds is 5. The van der Waals surface area contributed by atoms with Crippen LogP contribution in [0.2, 0.25) is 0 Å². The van der Waals surface area contributed by atoms with E-state index in [2.05, 4.69) is 5.32 Å². The molecule has 0 radical (unpaired) electrons. The molecule has 1 atom stereocenters. The van der Waals surface area contributed by atoms with Gasteiger partial charge in [0.2, 0.25) is 0 Å². The molecular formula is C22H24N2O3. The zero-order chi connectivity index (χ0) is 18.8. The fraction of sp³-hybridized carbons (Fsp3) is 0.318. The zero-order valence-electron chi connectivity index (χ0n) is 15.7. The molecule has 1 aliphatic rings. The molecule has 5 nitrogen and oxygen atoms in total. The maximum atomic E-state index is 13.0. The van der Waals surface area contributed by atoms with E-state index in [1.807, 2.05) is 55.6 Å². The van der Waals surface area contributed by atoms with E-state index in [0.717, 1.165) is 52.9 Å². The molecule has 1 aromatic heterocycles. The zero-order valence-corrected chi connectivity index (χ0v) is 15.7. The molecule has 5 heteroatoms. The summed E-state index contributed by atoms with van der Waals surface area (Å²) >= 11 is 0. The van der Waals surface area contributed by atoms with Gasteiger partial charge in [0.15, 0.2) is 0 Å². The Morgan fingerprint density at radius 2 is 2.00 bits per heavy atom. The van der Waals surface area contributed by atoms with Gasteiger partial charge in [-0.05, 0) is 66.7 Å². The first kappa shape index (κ1) is 17.6. The molecular weight excluding hydrogens is 340 g/mol. The van der Waals surface area contributed by atoms with Crippen LogP contribution in [-0.4, -0.2) is 30.9 Å². The largest absolute Gasteiger partial charge is 0.497 e. The van der Waals surface area contributed by atoms with Gasteiger partial charge in [0, 0.05) is 18.1 Å². The summed E-state index contributed by atoms with van der Waals surface area (Å²) in [5, 5.41) is 4.95. The molecule has 27 heavy (non-hydrogen) atoms. The van der Waals surface area contributed by atoms with Crippen molar-refractivity contribution in [3.63, 3.8) is 0 Å². The van der Waals surface area contributed by atoms with E-state index in [0.29, 0.717) is 6.54 Å². The number of hydrogen-bond acceptors (Lipinski definition) is 4. The second-order valence-corrected chi connectivity index (χ2v) is 7.03. The summed E-state index contributed by atoms with van der Waals surface area (Å²) in [7, 11) is 1.65. The molecule has 2 heterocycles. The Labute approximate surface area is 158 Å². The van der Waals surface area contributed by atoms with Crippen molar-refractivity contribution >= 4 is 10.8 Å². The number of hydrogen-bond donors (Lipinski definition) is 1. The third kappa shape index (κ3) is 3.69. The Morgan fingerprint density at radius 1 is 1.19 bits per heavy atom. The summed E-state index contributed by atoms with van der Waals surface area (Å²) in [6, 6.07) is 13.7. The first-order valence-corrected chi connectivity index (χ1v) is 9.28. The fourth-order valence-corrected chi connectivity index (χ4v) is 3.51. The maximum Gasteiger partial charge on any atom is 0.258 e. The molecule has 2 aromatic carbocycles. The molecule has 0 aliphatic carbocycles. The van der Waals surface area contributed by atoms with Crippen LogP contribution in [0.1, 0.15) is 17.5 Å². The monoisotopic (exact) mass is 364 g/mol. The second kappa shape index (κ2) is 7.45. The highest BCUT2D eigenvalue weighted by Gasteiger charge is 2.17. The maximum absolute atomic E-state index is 13.0. The van der Waals surface area contributed by atoms with E-state index >= 15 is 0 Å². The van der Waals surface area contributed by atoms with Gasteiger partial charge in [-0.2, -0.15) is 0 Å². The summed E-state index contributed by atoms with van der Waals surface area (Å²) in [6.07, 6.45) is 3.07. The van der Waals surface area contributed by atoms with Crippen LogP contribution >= 0.6 is 0 Å². The smallest absolute Gasteiger partial charge is 0.258 e. The summed E-state index contributed by atoms with van der Waals surface area (Å²) < 4.78 is 13.0. The molecule has 3 aromatic rings. The number of ether oxygens (including phenoxy) is 2. The van der Waals surface area contributed by atoms with Gasteiger partial charge in [0.05, 0.1) is 13.7 Å². The number of nitrogens with one attached hydrogen (secondary N) is 1. The number of benzene rings is 2. The number of nitrogens with zero attached hydrogens (tertiary/aromatic N) is 1. The normalized spacial score (nSPS) is 16.6. The van der Waals surface area contributed by atoms with Crippen molar-refractivity contribution in [2.75, 3.05) is 20.2 Å². The van der Waals surface area contributed by atoms with Gasteiger partial charge in [0.1, 0.15) is 17.6 Å². The Hall–Kier alpha value is -2.79. The van der Waals surface area contributed by atoms with E-state index in [4.69, 9.17) is 9.47 Å². The Morgan fingerprint density at radius 3 is 2.70 bits per heavy atom. The lowest BCUT2D eigenvalue weighted by Gasteiger charge is -2.16. The Kier molecular flexibility index (Phi) is 4.86. The number of aryl methyl sites for hydroxylation is 1. The summed E-state index contributed by atoms with van der Waals surface area (Å²) in [4.78, 5) is 13.0. The molecule has 1 N–H and O–H groups in total. The Balaban J connectivity index is 1.63. The molecule has 4 rings (SSSR count). The molecule has 0 amide bonds. The molecule has 0 spiro atoms. The number of pyridine rings is 1. The molecule has 140 valence electrons. The van der Waals surface area contributed by atoms with Crippen LogP contribution in [0.5, 0.6) is 11.5 Å². The van der Waals surface area contributed by atoms with Gasteiger partial charge in [-0.25, -0.2) is 0 Å². The highest BCUT2D eigenvalue weighted by atomic mass is 16.5. The highest BCUT2D eigenvalue weighted by Crippen LogP contribution is 2.25. The van der Waals surface area contributed by atoms with Crippen LogP contribution < -0.4 is 20.3 Å². The van der Waals surface area contributed by atoms with Crippen molar-refractivity contribution < 1.29 is 9.47 Å². The van der Waals surface area contributed by atoms with Crippen molar-refractivity contribution in [2.24, 2.45) is 0 Å². The predicted molar refractivity (Wildman–Crippen MR) is 107 cm³/mol. The van der Waals surface area contributed by atoms with E-state index in [1.165, 1.54) is 0 Å². The van der Waals surface area contributed by atoms with E-state index in [9.17, 15) is 4.79 Å². The van der Waals surface area contributed by atoms with Crippen molar-refractivity contribution in [3.05, 3.63) is 70.1 Å². The lowest BCUT2D eigenvalue weighted by molar-refractivity contribution is 0.222. The standard InChI is InChI=1S/C22H24N2O3/c1-15-11-20-17(12-21(15)27-19-7-9-23-13-19)8-10-24(22(20)25)14-16-3-5-18(26-2)6-4-16/h3-6,8,10-12,19,23H,7,9,13-14H2,1-2H3/t19-/m1/s1. The summed E-state index contributed by atoms with van der Waals surface area (Å²) in [5.41, 5.74) is 2.07. The first-order chi connectivity index (χ1) is 13.1. The Bertz CT molecular complexity index is 1000. The van der Waals surface area contributed by atoms with Crippen LogP contribution in [0.25, 0.3) is 10.8 Å². The minimum absolute atomic E-state index is 0.0144. The molecule has 1 fully saturated rings. The molecule has 0 saturated carbocycles. The summed E-state index contributed by atoms with van der Waals surface area (Å²) in [6.45, 7) is 4.40. The molecule has 1 aliphatic heterocycles. The van der Waals surface area contributed by atoms with Crippen LogP contribution in [-0.2, 0) is 6.54 Å². The minimum atomic E-state index is 0.0144. The van der Waals surface area contributed by atoms with E-state index in [1.54, 1.807) is 11.7 Å². The molecule has 0 bridgehead atoms. The molecule has 0 unspecified atom stereocenters.